The maximum atomic E-state index is 13.4. The molecule has 0 aromatic heterocycles. The third kappa shape index (κ3) is 5.13. The number of rotatable bonds is 7. The Morgan fingerprint density at radius 3 is 2.52 bits per heavy atom. The van der Waals surface area contributed by atoms with Crippen LogP contribution in [0.4, 0.5) is 10.1 Å². The quantitative estimate of drug-likeness (QED) is 0.711. The van der Waals surface area contributed by atoms with Crippen molar-refractivity contribution in [1.82, 2.24) is 4.72 Å². The van der Waals surface area contributed by atoms with Gasteiger partial charge < -0.3 is 4.74 Å². The Morgan fingerprint density at radius 1 is 1.17 bits per heavy atom. The summed E-state index contributed by atoms with van der Waals surface area (Å²) in [6, 6.07) is 11.5. The molecule has 1 aliphatic rings. The summed E-state index contributed by atoms with van der Waals surface area (Å²) < 4.78 is 72.0. The zero-order chi connectivity index (χ0) is 21.1. The van der Waals surface area contributed by atoms with E-state index in [0.29, 0.717) is 24.2 Å². The normalized spacial score (nSPS) is 17.8. The van der Waals surface area contributed by atoms with E-state index >= 15 is 0 Å². The predicted octanol–water partition coefficient (Wildman–Crippen LogP) is 2.42. The van der Waals surface area contributed by atoms with Gasteiger partial charge in [0.1, 0.15) is 5.82 Å². The molecule has 1 saturated heterocycles. The molecule has 0 aliphatic carbocycles. The number of anilines is 1. The largest absolute Gasteiger partial charge is 0.375 e. The van der Waals surface area contributed by atoms with Gasteiger partial charge in [0, 0.05) is 20.2 Å². The third-order valence-corrected chi connectivity index (χ3v) is 8.06. The predicted molar refractivity (Wildman–Crippen MR) is 108 cm³/mol. The van der Waals surface area contributed by atoms with E-state index < -0.39 is 32.0 Å². The lowest BCUT2D eigenvalue weighted by atomic mass is 10.1. The zero-order valence-electron chi connectivity index (χ0n) is 15.9. The molecule has 2 aromatic carbocycles. The van der Waals surface area contributed by atoms with Gasteiger partial charge in [0.25, 0.3) is 0 Å². The Morgan fingerprint density at radius 2 is 1.90 bits per heavy atom. The summed E-state index contributed by atoms with van der Waals surface area (Å²) in [6.07, 6.45) is 0.735. The molecule has 0 radical (unpaired) electrons. The molecule has 1 aliphatic heterocycles. The topological polar surface area (TPSA) is 92.8 Å². The summed E-state index contributed by atoms with van der Waals surface area (Å²) in [4.78, 5) is 0.00440. The standard InChI is InChI=1S/C19H23FN2O5S2/c1-27-19(15-5-4-6-16(20)13-15)14-21-29(25,26)18-9-7-17(8-10-18)22-11-2-3-12-28(22,23)24/h4-10,13,19,21H,2-3,11-12,14H2,1H3. The molecule has 0 amide bonds. The Labute approximate surface area is 170 Å². The summed E-state index contributed by atoms with van der Waals surface area (Å²) in [7, 11) is -5.80. The van der Waals surface area contributed by atoms with Gasteiger partial charge >= 0.3 is 0 Å². The van der Waals surface area contributed by atoms with Gasteiger partial charge in [-0.1, -0.05) is 12.1 Å². The number of methoxy groups -OCH3 is 1. The number of sulfonamides is 2. The van der Waals surface area contributed by atoms with Crippen molar-refractivity contribution >= 4 is 25.7 Å². The van der Waals surface area contributed by atoms with Crippen molar-refractivity contribution in [2.75, 3.05) is 30.3 Å². The van der Waals surface area contributed by atoms with E-state index in [1.54, 1.807) is 6.07 Å². The van der Waals surface area contributed by atoms with Gasteiger partial charge in [-0.15, -0.1) is 0 Å². The molecule has 0 spiro atoms. The summed E-state index contributed by atoms with van der Waals surface area (Å²) in [5.74, 6) is -0.344. The van der Waals surface area contributed by atoms with Crippen LogP contribution in [0.2, 0.25) is 0 Å². The molecular weight excluding hydrogens is 419 g/mol. The monoisotopic (exact) mass is 442 g/mol. The first-order chi connectivity index (χ1) is 13.7. The molecule has 158 valence electrons. The minimum Gasteiger partial charge on any atom is -0.375 e. The van der Waals surface area contributed by atoms with Gasteiger partial charge in [0.2, 0.25) is 20.0 Å². The van der Waals surface area contributed by atoms with E-state index in [9.17, 15) is 21.2 Å². The molecule has 0 saturated carbocycles. The first-order valence-corrected chi connectivity index (χ1v) is 12.2. The average molecular weight is 443 g/mol. The number of nitrogens with one attached hydrogen (secondary N) is 1. The molecule has 1 heterocycles. The van der Waals surface area contributed by atoms with Crippen LogP contribution in [0.5, 0.6) is 0 Å². The number of benzene rings is 2. The van der Waals surface area contributed by atoms with Crippen LogP contribution in [0.25, 0.3) is 0 Å². The van der Waals surface area contributed by atoms with Crippen molar-refractivity contribution in [3.05, 3.63) is 59.9 Å². The van der Waals surface area contributed by atoms with E-state index in [0.717, 1.165) is 6.42 Å². The summed E-state index contributed by atoms with van der Waals surface area (Å²) in [5.41, 5.74) is 0.957. The van der Waals surface area contributed by atoms with Gasteiger partial charge in [-0.2, -0.15) is 0 Å². The van der Waals surface area contributed by atoms with Crippen molar-refractivity contribution in [3.8, 4) is 0 Å². The highest BCUT2D eigenvalue weighted by Gasteiger charge is 2.26. The Hall–Kier alpha value is -2.01. The maximum absolute atomic E-state index is 13.4. The summed E-state index contributed by atoms with van der Waals surface area (Å²) >= 11 is 0. The van der Waals surface area contributed by atoms with E-state index in [1.807, 2.05) is 0 Å². The minimum atomic E-state index is -3.85. The fourth-order valence-electron chi connectivity index (χ4n) is 3.18. The highest BCUT2D eigenvalue weighted by atomic mass is 32.2. The highest BCUT2D eigenvalue weighted by molar-refractivity contribution is 7.92. The molecule has 1 atom stereocenters. The second-order valence-electron chi connectivity index (χ2n) is 6.72. The number of nitrogens with zero attached hydrogens (tertiary/aromatic N) is 1. The van der Waals surface area contributed by atoms with Crippen molar-refractivity contribution in [2.45, 2.75) is 23.8 Å². The molecule has 3 rings (SSSR count). The van der Waals surface area contributed by atoms with Crippen LogP contribution in [-0.4, -0.2) is 42.8 Å². The Balaban J connectivity index is 1.72. The van der Waals surface area contributed by atoms with E-state index in [4.69, 9.17) is 4.74 Å². The van der Waals surface area contributed by atoms with Crippen LogP contribution in [0, 0.1) is 5.82 Å². The molecule has 10 heteroatoms. The fourth-order valence-corrected chi connectivity index (χ4v) is 5.85. The van der Waals surface area contributed by atoms with Gasteiger partial charge in [-0.05, 0) is 54.8 Å². The molecule has 1 N–H and O–H groups in total. The van der Waals surface area contributed by atoms with Crippen molar-refractivity contribution in [3.63, 3.8) is 0 Å². The molecular formula is C19H23FN2O5S2. The Kier molecular flexibility index (Phi) is 6.57. The second kappa shape index (κ2) is 8.78. The van der Waals surface area contributed by atoms with Crippen molar-refractivity contribution < 1.29 is 26.0 Å². The molecule has 1 fully saturated rings. The second-order valence-corrected chi connectivity index (χ2v) is 10.5. The first-order valence-electron chi connectivity index (χ1n) is 9.11. The maximum Gasteiger partial charge on any atom is 0.240 e. The van der Waals surface area contributed by atoms with Crippen LogP contribution < -0.4 is 9.03 Å². The van der Waals surface area contributed by atoms with E-state index in [1.165, 1.54) is 53.9 Å². The van der Waals surface area contributed by atoms with Crippen molar-refractivity contribution in [1.29, 1.82) is 0 Å². The smallest absolute Gasteiger partial charge is 0.240 e. The first kappa shape index (κ1) is 21.7. The highest BCUT2D eigenvalue weighted by Crippen LogP contribution is 2.25. The number of halogens is 1. The zero-order valence-corrected chi connectivity index (χ0v) is 17.5. The van der Waals surface area contributed by atoms with Gasteiger partial charge in [-0.3, -0.25) is 4.31 Å². The van der Waals surface area contributed by atoms with Gasteiger partial charge in [0.05, 0.1) is 22.4 Å². The molecule has 0 bridgehead atoms. The number of hydrogen-bond donors (Lipinski definition) is 1. The Bertz CT molecular complexity index is 1060. The molecule has 7 nitrogen and oxygen atoms in total. The molecule has 29 heavy (non-hydrogen) atoms. The lowest BCUT2D eigenvalue weighted by Gasteiger charge is -2.28. The fraction of sp³-hybridized carbons (Fsp3) is 0.368. The van der Waals surface area contributed by atoms with Crippen LogP contribution >= 0.6 is 0 Å². The number of ether oxygens (including phenoxy) is 1. The number of hydrogen-bond acceptors (Lipinski definition) is 5. The van der Waals surface area contributed by atoms with Crippen molar-refractivity contribution in [2.24, 2.45) is 0 Å². The lowest BCUT2D eigenvalue weighted by molar-refractivity contribution is 0.107. The summed E-state index contributed by atoms with van der Waals surface area (Å²) in [6.45, 7) is 0.306. The minimum absolute atomic E-state index is 0.00440. The lowest BCUT2D eigenvalue weighted by Crippen LogP contribution is -2.37. The van der Waals surface area contributed by atoms with Crippen LogP contribution in [0.1, 0.15) is 24.5 Å². The van der Waals surface area contributed by atoms with E-state index in [-0.39, 0.29) is 17.2 Å². The van der Waals surface area contributed by atoms with Crippen LogP contribution in [0.15, 0.2) is 53.4 Å². The van der Waals surface area contributed by atoms with Crippen LogP contribution in [-0.2, 0) is 24.8 Å². The van der Waals surface area contributed by atoms with E-state index in [2.05, 4.69) is 4.72 Å². The van der Waals surface area contributed by atoms with Gasteiger partial charge in [-0.25, -0.2) is 25.9 Å². The third-order valence-electron chi connectivity index (χ3n) is 4.75. The SMILES string of the molecule is COC(CNS(=O)(=O)c1ccc(N2CCCCS2(=O)=O)cc1)c1cccc(F)c1. The average Bonchev–Trinajstić information content (AvgIpc) is 2.68. The van der Waals surface area contributed by atoms with Gasteiger partial charge in [0.15, 0.2) is 0 Å². The van der Waals surface area contributed by atoms with Crippen LogP contribution in [0.3, 0.4) is 0 Å². The molecule has 2 aromatic rings. The molecule has 1 unspecified atom stereocenters. The summed E-state index contributed by atoms with van der Waals surface area (Å²) in [5, 5.41) is 0.